The minimum Gasteiger partial charge on any atom is -0.322 e. The number of carbonyl (C=O) groups is 1. The molecule has 9 heteroatoms. The van der Waals surface area contributed by atoms with Crippen molar-refractivity contribution in [2.24, 2.45) is 0 Å². The Balaban J connectivity index is 1.58. The molecule has 0 unspecified atom stereocenters. The molecule has 0 aliphatic carbocycles. The summed E-state index contributed by atoms with van der Waals surface area (Å²) < 4.78 is 28.1. The molecule has 8 nitrogen and oxygen atoms in total. The van der Waals surface area contributed by atoms with Gasteiger partial charge in [0.25, 0.3) is 21.6 Å². The Morgan fingerprint density at radius 2 is 1.54 bits per heavy atom. The fraction of sp³-hybridized carbons (Fsp3) is 0.0357. The average molecular weight is 514 g/mol. The van der Waals surface area contributed by atoms with Crippen LogP contribution in [-0.2, 0) is 14.8 Å². The lowest BCUT2D eigenvalue weighted by molar-refractivity contribution is -0.384. The number of hydrogen-bond acceptors (Lipinski definition) is 5. The Hall–Kier alpha value is -4.76. The van der Waals surface area contributed by atoms with Gasteiger partial charge in [-0.05, 0) is 66.1 Å². The van der Waals surface area contributed by atoms with Gasteiger partial charge in [-0.3, -0.25) is 19.6 Å². The molecule has 0 aromatic heterocycles. The van der Waals surface area contributed by atoms with E-state index in [2.05, 4.69) is 10.0 Å². The van der Waals surface area contributed by atoms with E-state index in [0.29, 0.717) is 28.1 Å². The topological polar surface area (TPSA) is 118 Å². The first-order valence-corrected chi connectivity index (χ1v) is 12.7. The van der Waals surface area contributed by atoms with Crippen LogP contribution in [-0.4, -0.2) is 19.2 Å². The predicted molar refractivity (Wildman–Crippen MR) is 144 cm³/mol. The van der Waals surface area contributed by atoms with Crippen molar-refractivity contribution in [1.82, 2.24) is 0 Å². The van der Waals surface area contributed by atoms with Gasteiger partial charge in [0.2, 0.25) is 0 Å². The number of amides is 1. The van der Waals surface area contributed by atoms with Crippen LogP contribution in [0.5, 0.6) is 0 Å². The number of nitrogens with one attached hydrogen (secondary N) is 2. The van der Waals surface area contributed by atoms with E-state index in [-0.39, 0.29) is 10.6 Å². The van der Waals surface area contributed by atoms with E-state index >= 15 is 0 Å². The molecule has 1 amide bonds. The van der Waals surface area contributed by atoms with Gasteiger partial charge in [0, 0.05) is 29.1 Å². The predicted octanol–water partition coefficient (Wildman–Crippen LogP) is 5.88. The fourth-order valence-electron chi connectivity index (χ4n) is 3.63. The summed E-state index contributed by atoms with van der Waals surface area (Å²) in [7, 11) is -3.82. The molecule has 4 aromatic rings. The Morgan fingerprint density at radius 3 is 2.22 bits per heavy atom. The van der Waals surface area contributed by atoms with E-state index in [0.717, 1.165) is 5.56 Å². The second-order valence-electron chi connectivity index (χ2n) is 8.23. The maximum atomic E-state index is 13.2. The summed E-state index contributed by atoms with van der Waals surface area (Å²) >= 11 is 0. The number of nitrogens with zero attached hydrogens (tertiary/aromatic N) is 1. The van der Waals surface area contributed by atoms with Gasteiger partial charge in [-0.15, -0.1) is 0 Å². The fourth-order valence-corrected chi connectivity index (χ4v) is 4.68. The summed E-state index contributed by atoms with van der Waals surface area (Å²) in [6, 6.07) is 27.7. The van der Waals surface area contributed by atoms with Crippen molar-refractivity contribution in [2.75, 3.05) is 10.0 Å². The molecule has 0 aliphatic heterocycles. The largest absolute Gasteiger partial charge is 0.322 e. The number of hydrogen-bond donors (Lipinski definition) is 2. The van der Waals surface area contributed by atoms with Crippen LogP contribution in [0.3, 0.4) is 0 Å². The number of sulfonamides is 1. The van der Waals surface area contributed by atoms with Crippen LogP contribution < -0.4 is 10.0 Å². The molecule has 2 N–H and O–H groups in total. The molecule has 4 aromatic carbocycles. The van der Waals surface area contributed by atoms with Crippen LogP contribution in [0.15, 0.2) is 108 Å². The molecule has 0 saturated carbocycles. The molecular formula is C28H23N3O5S. The van der Waals surface area contributed by atoms with Crippen LogP contribution >= 0.6 is 0 Å². The van der Waals surface area contributed by atoms with Crippen LogP contribution in [0.4, 0.5) is 17.1 Å². The van der Waals surface area contributed by atoms with Gasteiger partial charge in [-0.25, -0.2) is 8.42 Å². The number of non-ortho nitro benzene ring substituents is 1. The zero-order valence-electron chi connectivity index (χ0n) is 19.8. The number of anilines is 2. The van der Waals surface area contributed by atoms with Gasteiger partial charge in [-0.1, -0.05) is 54.6 Å². The first-order chi connectivity index (χ1) is 17.7. The lowest BCUT2D eigenvalue weighted by atomic mass is 10.0. The highest BCUT2D eigenvalue weighted by molar-refractivity contribution is 7.92. The molecule has 37 heavy (non-hydrogen) atoms. The third-order valence-corrected chi connectivity index (χ3v) is 6.81. The molecule has 186 valence electrons. The number of nitro benzene ring substituents is 1. The van der Waals surface area contributed by atoms with Crippen LogP contribution in [0.25, 0.3) is 11.6 Å². The lowest BCUT2D eigenvalue weighted by Gasteiger charge is -2.12. The van der Waals surface area contributed by atoms with E-state index in [1.807, 2.05) is 19.1 Å². The van der Waals surface area contributed by atoms with Crippen LogP contribution in [0.2, 0.25) is 0 Å². The van der Waals surface area contributed by atoms with Gasteiger partial charge >= 0.3 is 0 Å². The van der Waals surface area contributed by atoms with E-state index in [9.17, 15) is 23.3 Å². The molecule has 0 fully saturated rings. The Bertz CT molecular complexity index is 1580. The van der Waals surface area contributed by atoms with Crippen LogP contribution in [0.1, 0.15) is 16.7 Å². The summed E-state index contributed by atoms with van der Waals surface area (Å²) in [5, 5.41) is 13.9. The second kappa shape index (κ2) is 10.9. The highest BCUT2D eigenvalue weighted by atomic mass is 32.2. The highest BCUT2D eigenvalue weighted by Gasteiger charge is 2.17. The van der Waals surface area contributed by atoms with Gasteiger partial charge in [0.05, 0.1) is 9.82 Å². The first-order valence-electron chi connectivity index (χ1n) is 11.2. The number of carbonyl (C=O) groups excluding carboxylic acids is 1. The molecule has 0 saturated heterocycles. The number of aryl methyl sites for hydroxylation is 1. The monoisotopic (exact) mass is 513 g/mol. The summed E-state index contributed by atoms with van der Waals surface area (Å²) in [4.78, 5) is 24.0. The van der Waals surface area contributed by atoms with E-state index < -0.39 is 20.9 Å². The second-order valence-corrected chi connectivity index (χ2v) is 9.91. The molecule has 0 spiro atoms. The summed E-state index contributed by atoms with van der Waals surface area (Å²) in [6.07, 6.45) is 1.57. The van der Waals surface area contributed by atoms with Gasteiger partial charge in [0.1, 0.15) is 0 Å². The highest BCUT2D eigenvalue weighted by Crippen LogP contribution is 2.24. The third kappa shape index (κ3) is 6.47. The summed E-state index contributed by atoms with van der Waals surface area (Å²) in [5.74, 6) is -0.453. The Kier molecular flexibility index (Phi) is 7.45. The standard InChI is InChI=1S/C28H23N3O5S/c1-20-7-5-11-24(17-20)30-37(35,36)26-15-13-23(14-16-26)29-28(32)27(22-9-3-2-4-10-22)19-21-8-6-12-25(18-21)31(33)34/h2-19,30H,1H3,(H,29,32)/b27-19+. The van der Waals surface area contributed by atoms with Crippen LogP contribution in [0, 0.1) is 17.0 Å². The number of nitro groups is 1. The zero-order chi connectivity index (χ0) is 26.4. The van der Waals surface area contributed by atoms with Crippen molar-refractivity contribution in [1.29, 1.82) is 0 Å². The van der Waals surface area contributed by atoms with Gasteiger partial charge < -0.3 is 5.32 Å². The Morgan fingerprint density at radius 1 is 0.838 bits per heavy atom. The summed E-state index contributed by atoms with van der Waals surface area (Å²) in [5.41, 5.74) is 3.08. The van der Waals surface area contributed by atoms with Gasteiger partial charge in [0.15, 0.2) is 0 Å². The van der Waals surface area contributed by atoms with Crippen molar-refractivity contribution in [2.45, 2.75) is 11.8 Å². The van der Waals surface area contributed by atoms with E-state index in [4.69, 9.17) is 0 Å². The Labute approximate surface area is 214 Å². The lowest BCUT2D eigenvalue weighted by Crippen LogP contribution is -2.15. The molecule has 0 aliphatic rings. The van der Waals surface area contributed by atoms with Gasteiger partial charge in [-0.2, -0.15) is 0 Å². The molecule has 0 bridgehead atoms. The number of benzene rings is 4. The maximum absolute atomic E-state index is 13.2. The van der Waals surface area contributed by atoms with Crippen molar-refractivity contribution < 1.29 is 18.1 Å². The summed E-state index contributed by atoms with van der Waals surface area (Å²) in [6.45, 7) is 1.87. The quantitative estimate of drug-likeness (QED) is 0.132. The molecular weight excluding hydrogens is 490 g/mol. The minimum absolute atomic E-state index is 0.0439. The van der Waals surface area contributed by atoms with Crippen molar-refractivity contribution in [3.05, 3.63) is 130 Å². The van der Waals surface area contributed by atoms with Crippen molar-refractivity contribution >= 4 is 44.6 Å². The van der Waals surface area contributed by atoms with E-state index in [1.54, 1.807) is 60.7 Å². The average Bonchev–Trinajstić information content (AvgIpc) is 2.88. The smallest absolute Gasteiger partial charge is 0.270 e. The molecule has 0 heterocycles. The third-order valence-electron chi connectivity index (χ3n) is 5.41. The molecule has 4 rings (SSSR count). The SMILES string of the molecule is Cc1cccc(NS(=O)(=O)c2ccc(NC(=O)/C(=C/c3cccc([N+](=O)[O-])c3)c3ccccc3)cc2)c1. The minimum atomic E-state index is -3.82. The molecule has 0 radical (unpaired) electrons. The zero-order valence-corrected chi connectivity index (χ0v) is 20.6. The normalized spacial score (nSPS) is 11.5. The number of rotatable bonds is 8. The van der Waals surface area contributed by atoms with E-state index in [1.165, 1.54) is 36.4 Å². The molecule has 0 atom stereocenters. The van der Waals surface area contributed by atoms with Crippen molar-refractivity contribution in [3.63, 3.8) is 0 Å². The van der Waals surface area contributed by atoms with Crippen molar-refractivity contribution in [3.8, 4) is 0 Å². The first kappa shape index (κ1) is 25.3. The maximum Gasteiger partial charge on any atom is 0.270 e.